The van der Waals surface area contributed by atoms with E-state index in [9.17, 15) is 4.79 Å². The minimum atomic E-state index is -0.282. The van der Waals surface area contributed by atoms with Crippen molar-refractivity contribution in [2.75, 3.05) is 31.5 Å². The molecule has 0 saturated carbocycles. The molecule has 3 aromatic rings. The Kier molecular flexibility index (Phi) is 6.52. The number of aromatic nitrogens is 1. The van der Waals surface area contributed by atoms with Gasteiger partial charge < -0.3 is 24.8 Å². The molecule has 0 fully saturated rings. The Hall–Kier alpha value is -3.74. The first kappa shape index (κ1) is 20.0. The molecule has 0 unspecified atom stereocenters. The van der Waals surface area contributed by atoms with Crippen LogP contribution in [0.1, 0.15) is 5.56 Å². The maximum absolute atomic E-state index is 12.1. The number of hydrogen-bond acceptors (Lipinski definition) is 6. The number of pyridine rings is 1. The number of amides is 1. The van der Waals surface area contributed by atoms with E-state index in [0.717, 1.165) is 16.9 Å². The molecule has 1 amide bonds. The van der Waals surface area contributed by atoms with Gasteiger partial charge in [-0.2, -0.15) is 0 Å². The second-order valence-corrected chi connectivity index (χ2v) is 6.27. The average Bonchev–Trinajstić information content (AvgIpc) is 2.75. The minimum absolute atomic E-state index is 0.0895. The zero-order valence-corrected chi connectivity index (χ0v) is 16.6. The monoisotopic (exact) mass is 393 g/mol. The molecule has 0 saturated heterocycles. The Morgan fingerprint density at radius 1 is 0.966 bits per heavy atom. The summed E-state index contributed by atoms with van der Waals surface area (Å²) in [5.41, 5.74) is 2.66. The molecule has 3 rings (SSSR count). The van der Waals surface area contributed by atoms with Gasteiger partial charge in [0.2, 0.25) is 0 Å². The van der Waals surface area contributed by atoms with Crippen molar-refractivity contribution in [3.63, 3.8) is 0 Å². The molecule has 0 aliphatic heterocycles. The van der Waals surface area contributed by atoms with Crippen LogP contribution in [0, 0.1) is 6.92 Å². The fraction of sp³-hybridized carbons (Fsp3) is 0.182. The van der Waals surface area contributed by atoms with Crippen LogP contribution in [0.25, 0.3) is 0 Å². The third kappa shape index (κ3) is 5.62. The summed E-state index contributed by atoms with van der Waals surface area (Å²) in [6.07, 6.45) is 1.63. The van der Waals surface area contributed by atoms with Gasteiger partial charge in [0.25, 0.3) is 5.91 Å². The highest BCUT2D eigenvalue weighted by atomic mass is 16.5. The Morgan fingerprint density at radius 2 is 1.72 bits per heavy atom. The molecule has 0 bridgehead atoms. The van der Waals surface area contributed by atoms with Gasteiger partial charge in [-0.1, -0.05) is 17.7 Å². The molecule has 0 aliphatic rings. The lowest BCUT2D eigenvalue weighted by molar-refractivity contribution is -0.118. The molecular formula is C22H23N3O4. The molecule has 0 spiro atoms. The lowest BCUT2D eigenvalue weighted by atomic mass is 10.2. The molecule has 2 aromatic carbocycles. The van der Waals surface area contributed by atoms with Crippen molar-refractivity contribution < 1.29 is 19.0 Å². The number of nitrogens with zero attached hydrogens (tertiary/aromatic N) is 1. The molecule has 0 radical (unpaired) electrons. The van der Waals surface area contributed by atoms with Crippen molar-refractivity contribution in [1.29, 1.82) is 0 Å². The molecule has 29 heavy (non-hydrogen) atoms. The van der Waals surface area contributed by atoms with E-state index >= 15 is 0 Å². The first-order valence-corrected chi connectivity index (χ1v) is 9.02. The first-order valence-electron chi connectivity index (χ1n) is 9.02. The Morgan fingerprint density at radius 3 is 2.38 bits per heavy atom. The Bertz CT molecular complexity index is 957. The molecular weight excluding hydrogens is 370 g/mol. The standard InChI is InChI=1S/C22H23N3O4/c1-15-4-7-17(8-5-15)29-14-22(26)25-21-11-6-16(13-23-21)24-19-10-9-18(27-2)12-20(19)28-3/h4-13,24H,14H2,1-3H3,(H,23,25,26). The molecule has 0 aliphatic carbocycles. The second kappa shape index (κ2) is 9.45. The van der Waals surface area contributed by atoms with Crippen LogP contribution in [-0.2, 0) is 4.79 Å². The number of rotatable bonds is 8. The smallest absolute Gasteiger partial charge is 0.263 e. The number of methoxy groups -OCH3 is 2. The van der Waals surface area contributed by atoms with Gasteiger partial charge in [-0.3, -0.25) is 4.79 Å². The fourth-order valence-electron chi connectivity index (χ4n) is 2.56. The van der Waals surface area contributed by atoms with E-state index in [1.807, 2.05) is 49.4 Å². The summed E-state index contributed by atoms with van der Waals surface area (Å²) in [5, 5.41) is 5.93. The minimum Gasteiger partial charge on any atom is -0.497 e. The van der Waals surface area contributed by atoms with Gasteiger partial charge in [-0.15, -0.1) is 0 Å². The van der Waals surface area contributed by atoms with Crippen LogP contribution < -0.4 is 24.8 Å². The number of ether oxygens (including phenoxy) is 3. The summed E-state index contributed by atoms with van der Waals surface area (Å²) < 4.78 is 16.0. The van der Waals surface area contributed by atoms with Gasteiger partial charge in [-0.05, 0) is 43.3 Å². The van der Waals surface area contributed by atoms with Gasteiger partial charge in [-0.25, -0.2) is 4.98 Å². The van der Waals surface area contributed by atoms with E-state index in [4.69, 9.17) is 14.2 Å². The number of carbonyl (C=O) groups excluding carboxylic acids is 1. The van der Waals surface area contributed by atoms with Crippen molar-refractivity contribution in [2.45, 2.75) is 6.92 Å². The SMILES string of the molecule is COc1ccc(Nc2ccc(NC(=O)COc3ccc(C)cc3)nc2)c(OC)c1. The normalized spacial score (nSPS) is 10.2. The molecule has 150 valence electrons. The van der Waals surface area contributed by atoms with E-state index in [1.165, 1.54) is 0 Å². The summed E-state index contributed by atoms with van der Waals surface area (Å²) in [5.74, 6) is 2.16. The number of nitrogens with one attached hydrogen (secondary N) is 2. The lowest BCUT2D eigenvalue weighted by Crippen LogP contribution is -2.20. The molecule has 1 heterocycles. The van der Waals surface area contributed by atoms with Gasteiger partial charge in [0.05, 0.1) is 31.8 Å². The van der Waals surface area contributed by atoms with E-state index in [2.05, 4.69) is 15.6 Å². The number of aryl methyl sites for hydroxylation is 1. The van der Waals surface area contributed by atoms with Crippen molar-refractivity contribution in [1.82, 2.24) is 4.98 Å². The van der Waals surface area contributed by atoms with Crippen LogP contribution in [0.15, 0.2) is 60.8 Å². The van der Waals surface area contributed by atoms with Gasteiger partial charge in [0.15, 0.2) is 6.61 Å². The topological polar surface area (TPSA) is 81.7 Å². The lowest BCUT2D eigenvalue weighted by Gasteiger charge is -2.13. The number of anilines is 3. The quantitative estimate of drug-likeness (QED) is 0.598. The van der Waals surface area contributed by atoms with E-state index in [1.54, 1.807) is 32.5 Å². The third-order valence-electron chi connectivity index (χ3n) is 4.11. The van der Waals surface area contributed by atoms with E-state index in [-0.39, 0.29) is 12.5 Å². The number of benzene rings is 2. The van der Waals surface area contributed by atoms with E-state index < -0.39 is 0 Å². The predicted molar refractivity (Wildman–Crippen MR) is 112 cm³/mol. The maximum atomic E-state index is 12.1. The van der Waals surface area contributed by atoms with Crippen LogP contribution in [0.2, 0.25) is 0 Å². The molecule has 1 aromatic heterocycles. The van der Waals surface area contributed by atoms with Crippen LogP contribution in [0.5, 0.6) is 17.2 Å². The fourth-order valence-corrected chi connectivity index (χ4v) is 2.56. The summed E-state index contributed by atoms with van der Waals surface area (Å²) >= 11 is 0. The highest BCUT2D eigenvalue weighted by Crippen LogP contribution is 2.31. The Labute approximate surface area is 169 Å². The average molecular weight is 393 g/mol. The van der Waals surface area contributed by atoms with Crippen LogP contribution in [0.3, 0.4) is 0 Å². The number of hydrogen-bond donors (Lipinski definition) is 2. The van der Waals surface area contributed by atoms with Crippen molar-refractivity contribution in [3.05, 3.63) is 66.4 Å². The third-order valence-corrected chi connectivity index (χ3v) is 4.11. The summed E-state index contributed by atoms with van der Waals surface area (Å²) in [7, 11) is 3.19. The highest BCUT2D eigenvalue weighted by Gasteiger charge is 2.07. The second-order valence-electron chi connectivity index (χ2n) is 6.27. The van der Waals surface area contributed by atoms with Crippen molar-refractivity contribution >= 4 is 23.1 Å². The maximum Gasteiger partial charge on any atom is 0.263 e. The summed E-state index contributed by atoms with van der Waals surface area (Å²) in [6.45, 7) is 1.90. The zero-order chi connectivity index (χ0) is 20.6. The highest BCUT2D eigenvalue weighted by molar-refractivity contribution is 5.91. The first-order chi connectivity index (χ1) is 14.1. The molecule has 0 atom stereocenters. The molecule has 7 heteroatoms. The Balaban J connectivity index is 1.56. The van der Waals surface area contributed by atoms with Gasteiger partial charge >= 0.3 is 0 Å². The van der Waals surface area contributed by atoms with Crippen LogP contribution in [0.4, 0.5) is 17.2 Å². The van der Waals surface area contributed by atoms with Crippen LogP contribution in [-0.4, -0.2) is 31.7 Å². The van der Waals surface area contributed by atoms with Gasteiger partial charge in [0, 0.05) is 6.07 Å². The predicted octanol–water partition coefficient (Wildman–Crippen LogP) is 4.17. The molecule has 2 N–H and O–H groups in total. The molecule has 7 nitrogen and oxygen atoms in total. The largest absolute Gasteiger partial charge is 0.497 e. The van der Waals surface area contributed by atoms with Crippen molar-refractivity contribution in [3.8, 4) is 17.2 Å². The zero-order valence-electron chi connectivity index (χ0n) is 16.6. The van der Waals surface area contributed by atoms with Crippen molar-refractivity contribution in [2.24, 2.45) is 0 Å². The summed E-state index contributed by atoms with van der Waals surface area (Å²) in [4.78, 5) is 16.3. The van der Waals surface area contributed by atoms with Crippen LogP contribution >= 0.6 is 0 Å². The number of carbonyl (C=O) groups is 1. The van der Waals surface area contributed by atoms with E-state index in [0.29, 0.717) is 23.1 Å². The summed E-state index contributed by atoms with van der Waals surface area (Å²) in [6, 6.07) is 16.5. The van der Waals surface area contributed by atoms with Gasteiger partial charge in [0.1, 0.15) is 23.1 Å².